The van der Waals surface area contributed by atoms with Crippen LogP contribution >= 0.6 is 24.8 Å². The van der Waals surface area contributed by atoms with Crippen molar-refractivity contribution in [3.05, 3.63) is 146 Å². The maximum absolute atomic E-state index is 10.7. The van der Waals surface area contributed by atoms with Gasteiger partial charge in [-0.1, -0.05) is 89.3 Å². The molecule has 14 rings (SSSR count). The van der Waals surface area contributed by atoms with E-state index in [0.717, 1.165) is 59.2 Å². The van der Waals surface area contributed by atoms with Crippen molar-refractivity contribution in [1.29, 1.82) is 0 Å². The van der Waals surface area contributed by atoms with Gasteiger partial charge >= 0.3 is 36.4 Å². The average Bonchev–Trinajstić information content (AvgIpc) is 3.88. The summed E-state index contributed by atoms with van der Waals surface area (Å²) in [6.45, 7) is 10.0. The molecule has 8 fully saturated rings. The summed E-state index contributed by atoms with van der Waals surface area (Å²) in [6.07, 6.45) is 13.0. The summed E-state index contributed by atoms with van der Waals surface area (Å²) in [6, 6.07) is 41.6. The Bertz CT molecular complexity index is 2230. The van der Waals surface area contributed by atoms with Gasteiger partial charge in [-0.15, -0.1) is 93.9 Å². The van der Waals surface area contributed by atoms with E-state index in [4.69, 9.17) is 0 Å². The van der Waals surface area contributed by atoms with Crippen LogP contribution in [0.15, 0.2) is 109 Å². The van der Waals surface area contributed by atoms with Crippen LogP contribution in [-0.4, -0.2) is 13.1 Å². The third kappa shape index (κ3) is 11.7. The monoisotopic (exact) mass is 1010 g/mol. The van der Waals surface area contributed by atoms with E-state index in [-0.39, 0.29) is 32.2 Å². The fourth-order valence-electron chi connectivity index (χ4n) is 14.1. The van der Waals surface area contributed by atoms with E-state index in [0.29, 0.717) is 0 Å². The van der Waals surface area contributed by atoms with Gasteiger partial charge in [0.05, 0.1) is 0 Å². The number of halogens is 5. The summed E-state index contributed by atoms with van der Waals surface area (Å²) in [5.74, 6) is 10.3. The molecule has 0 amide bonds. The van der Waals surface area contributed by atoms with E-state index in [1.807, 2.05) is 0 Å². The molecule has 0 N–H and O–H groups in total. The fourth-order valence-corrected chi connectivity index (χ4v) is 14.1. The number of rotatable bonds is 6. The number of fused-ring (bicyclic) bond motifs is 2. The normalized spacial score (nSPS) is 27.5. The van der Waals surface area contributed by atoms with Gasteiger partial charge in [-0.2, -0.15) is 25.3 Å². The van der Waals surface area contributed by atoms with Crippen molar-refractivity contribution in [2.24, 2.45) is 59.2 Å². The van der Waals surface area contributed by atoms with Crippen LogP contribution in [0, 0.1) is 87.4 Å². The molecular formula is C58H67Cl2F3SiZr-4. The van der Waals surface area contributed by atoms with Crippen LogP contribution in [0.1, 0.15) is 92.9 Å². The molecular weight excluding hydrogens is 944 g/mol. The third-order valence-corrected chi connectivity index (χ3v) is 16.4. The van der Waals surface area contributed by atoms with Gasteiger partial charge in [0.25, 0.3) is 0 Å². The van der Waals surface area contributed by atoms with Crippen molar-refractivity contribution in [2.75, 3.05) is 0 Å². The van der Waals surface area contributed by atoms with E-state index in [1.54, 1.807) is 24.0 Å². The molecule has 2 radical (unpaired) electrons. The summed E-state index contributed by atoms with van der Waals surface area (Å²) in [5, 5.41) is 5.74. The van der Waals surface area contributed by atoms with Gasteiger partial charge in [0.15, 0.2) is 0 Å². The molecule has 8 aliphatic carbocycles. The van der Waals surface area contributed by atoms with E-state index >= 15 is 0 Å². The van der Waals surface area contributed by atoms with Crippen molar-refractivity contribution in [1.82, 2.24) is 0 Å². The molecule has 0 saturated heterocycles. The molecule has 0 spiro atoms. The van der Waals surface area contributed by atoms with Crippen molar-refractivity contribution in [3.8, 4) is 22.3 Å². The summed E-state index contributed by atoms with van der Waals surface area (Å²) in [5.41, 5.74) is 11.3. The van der Waals surface area contributed by atoms with Crippen LogP contribution in [0.3, 0.4) is 0 Å². The fraction of sp³-hybridized carbons (Fsp3) is 0.448. The first-order valence-electron chi connectivity index (χ1n) is 23.6. The van der Waals surface area contributed by atoms with Gasteiger partial charge in [0.1, 0.15) is 0 Å². The topological polar surface area (TPSA) is 0 Å². The second-order valence-corrected chi connectivity index (χ2v) is 20.5. The van der Waals surface area contributed by atoms with Crippen molar-refractivity contribution in [3.63, 3.8) is 0 Å². The van der Waals surface area contributed by atoms with Gasteiger partial charge in [-0.05, 0) is 161 Å². The van der Waals surface area contributed by atoms with Crippen LogP contribution in [0.4, 0.5) is 13.2 Å². The van der Waals surface area contributed by atoms with Gasteiger partial charge in [0, 0.05) is 0 Å². The molecule has 6 aromatic rings. The Morgan fingerprint density at radius 2 is 0.846 bits per heavy atom. The molecule has 8 saturated carbocycles. The Balaban J connectivity index is 0.000000178. The first-order chi connectivity index (χ1) is 30.0. The zero-order valence-electron chi connectivity index (χ0n) is 38.5. The molecule has 0 heterocycles. The Kier molecular flexibility index (Phi) is 17.8. The third-order valence-electron chi connectivity index (χ3n) is 16.4. The molecule has 0 aromatic heterocycles. The van der Waals surface area contributed by atoms with Gasteiger partial charge in [-0.25, -0.2) is 0 Å². The summed E-state index contributed by atoms with van der Waals surface area (Å²) in [4.78, 5) is 0. The SMILES string of the molecule is Cc1ccc(-c2cccc3[cH-]c(CC4C5CC6CC(C5)CC4C6)cc23)cc1.Cc1ccc(-c2cccc3[cH-]c(CC4C5CC6CC(C5)CC4C6)cc23)cc1.Cl.Cl.[CH2-]CC(F)(F)F.[CH3-].[Si]=[Zr]. The summed E-state index contributed by atoms with van der Waals surface area (Å²) < 4.78 is 32.2. The van der Waals surface area contributed by atoms with Crippen LogP contribution in [0.2, 0.25) is 0 Å². The zero-order chi connectivity index (χ0) is 43.1. The minimum absolute atomic E-state index is 0. The van der Waals surface area contributed by atoms with Gasteiger partial charge in [-0.3, -0.25) is 0 Å². The van der Waals surface area contributed by atoms with Gasteiger partial charge < -0.3 is 14.4 Å². The molecule has 7 heteroatoms. The molecule has 0 atom stereocenters. The predicted molar refractivity (Wildman–Crippen MR) is 271 cm³/mol. The number of alkyl halides is 3. The van der Waals surface area contributed by atoms with Crippen LogP contribution in [0.5, 0.6) is 0 Å². The molecule has 65 heavy (non-hydrogen) atoms. The second-order valence-electron chi connectivity index (χ2n) is 20.5. The number of benzene rings is 4. The standard InChI is InChI=1S/2C27H29.C3H4F3.CH3.2ClH.Si.Zr/c2*1-17-5-7-21(8-6-17)25-4-2-3-22-10-20(16-27(22)25)15-26-23-11-18-9-19(13-23)14-24(26)12-18;1-2-3(4,5)6;;;;;/h2*2-8,10,16,18-19,23-24,26H,9,11-15H2,1H3;1-2H2;1H3;2*1H;;/q4*-1;;;;. The number of hydrogen-bond donors (Lipinski definition) is 0. The Morgan fingerprint density at radius 3 is 1.14 bits per heavy atom. The number of hydrogen-bond acceptors (Lipinski definition) is 0. The number of aryl methyl sites for hydroxylation is 2. The van der Waals surface area contributed by atoms with E-state index in [9.17, 15) is 13.2 Å². The van der Waals surface area contributed by atoms with Crippen molar-refractivity contribution >= 4 is 53.2 Å². The van der Waals surface area contributed by atoms with Crippen LogP contribution in [-0.2, 0) is 36.2 Å². The predicted octanol–water partition coefficient (Wildman–Crippen LogP) is 17.0. The maximum atomic E-state index is 10.7. The quantitative estimate of drug-likeness (QED) is 0.115. The molecule has 0 nitrogen and oxygen atoms in total. The van der Waals surface area contributed by atoms with E-state index in [1.165, 1.54) is 142 Å². The Labute approximate surface area is 417 Å². The second kappa shape index (κ2) is 22.3. The molecule has 8 bridgehead atoms. The molecule has 0 aliphatic heterocycles. The average molecular weight is 1010 g/mol. The first-order valence-corrected chi connectivity index (χ1v) is 27.8. The molecule has 6 aromatic carbocycles. The zero-order valence-corrected chi connectivity index (χ0v) is 43.6. The minimum atomic E-state index is -4.07. The van der Waals surface area contributed by atoms with Crippen molar-refractivity contribution < 1.29 is 36.5 Å². The summed E-state index contributed by atoms with van der Waals surface area (Å²) >= 11 is 1.36. The molecule has 0 unspecified atom stereocenters. The van der Waals surface area contributed by atoms with E-state index in [2.05, 4.69) is 137 Å². The Hall–Kier alpha value is -2.43. The summed E-state index contributed by atoms with van der Waals surface area (Å²) in [7, 11) is 0. The van der Waals surface area contributed by atoms with Crippen LogP contribution < -0.4 is 0 Å². The first kappa shape index (κ1) is 52.0. The van der Waals surface area contributed by atoms with Crippen LogP contribution in [0.25, 0.3) is 43.8 Å². The Morgan fingerprint density at radius 1 is 0.538 bits per heavy atom. The molecule has 8 aliphatic rings. The van der Waals surface area contributed by atoms with E-state index < -0.39 is 12.6 Å². The van der Waals surface area contributed by atoms with Gasteiger partial charge in [0.2, 0.25) is 0 Å². The molecule has 346 valence electrons. The van der Waals surface area contributed by atoms with Crippen molar-refractivity contribution in [2.45, 2.75) is 103 Å².